The first-order valence-corrected chi connectivity index (χ1v) is 11.7. The van der Waals surface area contributed by atoms with Crippen molar-refractivity contribution in [2.45, 2.75) is 6.04 Å². The van der Waals surface area contributed by atoms with Crippen LogP contribution < -0.4 is 10.4 Å². The van der Waals surface area contributed by atoms with E-state index in [1.807, 2.05) is 0 Å². The van der Waals surface area contributed by atoms with E-state index in [0.717, 1.165) is 16.5 Å². The molecule has 36 heavy (non-hydrogen) atoms. The minimum atomic E-state index is -0.451. The van der Waals surface area contributed by atoms with Crippen LogP contribution >= 0.6 is 0 Å². The summed E-state index contributed by atoms with van der Waals surface area (Å²) in [6.07, 6.45) is 0. The third-order valence-electron chi connectivity index (χ3n) is 6.36. The van der Waals surface area contributed by atoms with Gasteiger partial charge in [0.1, 0.15) is 23.0 Å². The van der Waals surface area contributed by atoms with Gasteiger partial charge >= 0.3 is 5.63 Å². The molecule has 1 aliphatic heterocycles. The van der Waals surface area contributed by atoms with Crippen LogP contribution in [0.4, 0.5) is 8.78 Å². The Kier molecular flexibility index (Phi) is 6.77. The van der Waals surface area contributed by atoms with Crippen LogP contribution in [-0.4, -0.2) is 48.5 Å². The van der Waals surface area contributed by atoms with E-state index < -0.39 is 5.63 Å². The second-order valence-corrected chi connectivity index (χ2v) is 8.67. The fourth-order valence-electron chi connectivity index (χ4n) is 4.50. The molecule has 184 valence electrons. The van der Waals surface area contributed by atoms with Crippen LogP contribution in [0.15, 0.2) is 88.1 Å². The molecule has 0 spiro atoms. The molecule has 1 saturated heterocycles. The second-order valence-electron chi connectivity index (χ2n) is 8.67. The number of fused-ring (bicyclic) bond motifs is 1. The number of piperazine rings is 1. The topological polar surface area (TPSA) is 63.0 Å². The molecule has 6 nitrogen and oxygen atoms in total. The maximum atomic E-state index is 13.5. The zero-order valence-corrected chi connectivity index (χ0v) is 19.4. The molecule has 1 fully saturated rings. The molecule has 1 aromatic heterocycles. The van der Waals surface area contributed by atoms with E-state index in [4.69, 9.17) is 9.15 Å². The van der Waals surface area contributed by atoms with Gasteiger partial charge in [-0.15, -0.1) is 0 Å². The van der Waals surface area contributed by atoms with Crippen molar-refractivity contribution in [1.29, 1.82) is 0 Å². The first kappa shape index (κ1) is 23.7. The average Bonchev–Trinajstić information content (AvgIpc) is 2.90. The number of carbonyl (C=O) groups is 1. The molecule has 8 heteroatoms. The van der Waals surface area contributed by atoms with Crippen LogP contribution in [0.2, 0.25) is 0 Å². The van der Waals surface area contributed by atoms with Gasteiger partial charge < -0.3 is 14.1 Å². The molecule has 0 radical (unpaired) electrons. The summed E-state index contributed by atoms with van der Waals surface area (Å²) in [6.45, 7) is 2.03. The van der Waals surface area contributed by atoms with Crippen LogP contribution in [-0.2, 0) is 4.79 Å². The maximum Gasteiger partial charge on any atom is 0.336 e. The van der Waals surface area contributed by atoms with Gasteiger partial charge in [-0.3, -0.25) is 9.69 Å². The van der Waals surface area contributed by atoms with Gasteiger partial charge in [-0.2, -0.15) is 0 Å². The summed E-state index contributed by atoms with van der Waals surface area (Å²) in [5.74, 6) is -0.345. The van der Waals surface area contributed by atoms with Crippen molar-refractivity contribution in [1.82, 2.24) is 9.80 Å². The Morgan fingerprint density at radius 1 is 0.833 bits per heavy atom. The standard InChI is InChI=1S/C28H24F2N2O4/c29-22-7-1-20(2-8-22)28(21-3-9-23(30)10-4-21)32-15-13-31(14-16-32)26(33)18-35-24-11-5-19-6-12-27(34)36-25(19)17-24/h1-12,17,28H,13-16,18H2. The van der Waals surface area contributed by atoms with E-state index in [2.05, 4.69) is 4.90 Å². The van der Waals surface area contributed by atoms with Gasteiger partial charge in [0.05, 0.1) is 6.04 Å². The van der Waals surface area contributed by atoms with E-state index in [1.54, 1.807) is 53.4 Å². The molecule has 0 N–H and O–H groups in total. The highest BCUT2D eigenvalue weighted by Gasteiger charge is 2.28. The van der Waals surface area contributed by atoms with Crippen molar-refractivity contribution in [2.24, 2.45) is 0 Å². The predicted octanol–water partition coefficient (Wildman–Crippen LogP) is 4.38. The van der Waals surface area contributed by atoms with E-state index >= 15 is 0 Å². The minimum Gasteiger partial charge on any atom is -0.484 e. The third kappa shape index (κ3) is 5.28. The minimum absolute atomic E-state index is 0.137. The summed E-state index contributed by atoms with van der Waals surface area (Å²) in [7, 11) is 0. The normalized spacial score (nSPS) is 14.4. The zero-order valence-electron chi connectivity index (χ0n) is 19.4. The monoisotopic (exact) mass is 490 g/mol. The number of carbonyl (C=O) groups excluding carboxylic acids is 1. The van der Waals surface area contributed by atoms with Crippen LogP contribution in [0, 0.1) is 11.6 Å². The van der Waals surface area contributed by atoms with E-state index in [-0.39, 0.29) is 30.2 Å². The molecule has 0 atom stereocenters. The van der Waals surface area contributed by atoms with Gasteiger partial charge in [-0.1, -0.05) is 24.3 Å². The molecule has 0 unspecified atom stereocenters. The highest BCUT2D eigenvalue weighted by Crippen LogP contribution is 2.30. The number of nitrogens with zero attached hydrogens (tertiary/aromatic N) is 2. The lowest BCUT2D eigenvalue weighted by Gasteiger charge is -2.39. The number of benzene rings is 3. The number of halogens is 2. The lowest BCUT2D eigenvalue weighted by atomic mass is 9.96. The highest BCUT2D eigenvalue weighted by molar-refractivity contribution is 5.79. The summed E-state index contributed by atoms with van der Waals surface area (Å²) < 4.78 is 37.9. The van der Waals surface area contributed by atoms with Crippen LogP contribution in [0.3, 0.4) is 0 Å². The van der Waals surface area contributed by atoms with Crippen molar-refractivity contribution in [2.75, 3.05) is 32.8 Å². The summed E-state index contributed by atoms with van der Waals surface area (Å²) in [5.41, 5.74) is 1.74. The SMILES string of the molecule is O=C(COc1ccc2ccc(=O)oc2c1)N1CCN(C(c2ccc(F)cc2)c2ccc(F)cc2)CC1. The molecule has 5 rings (SSSR count). The van der Waals surface area contributed by atoms with Crippen LogP contribution in [0.5, 0.6) is 5.75 Å². The van der Waals surface area contributed by atoms with Crippen LogP contribution in [0.1, 0.15) is 17.2 Å². The van der Waals surface area contributed by atoms with Crippen molar-refractivity contribution >= 4 is 16.9 Å². The van der Waals surface area contributed by atoms with Gasteiger partial charge in [0.25, 0.3) is 5.91 Å². The van der Waals surface area contributed by atoms with E-state index in [0.29, 0.717) is 37.5 Å². The van der Waals surface area contributed by atoms with Gasteiger partial charge in [0.2, 0.25) is 0 Å². The molecule has 0 aliphatic carbocycles. The Morgan fingerprint density at radius 3 is 2.03 bits per heavy atom. The Morgan fingerprint density at radius 2 is 1.42 bits per heavy atom. The van der Waals surface area contributed by atoms with Crippen LogP contribution in [0.25, 0.3) is 11.0 Å². The van der Waals surface area contributed by atoms with Crippen molar-refractivity contribution < 1.29 is 22.7 Å². The van der Waals surface area contributed by atoms with Crippen molar-refractivity contribution in [3.63, 3.8) is 0 Å². The second kappa shape index (κ2) is 10.3. The van der Waals surface area contributed by atoms with Crippen molar-refractivity contribution in [3.8, 4) is 5.75 Å². The lowest BCUT2D eigenvalue weighted by Crippen LogP contribution is -2.51. The fourth-order valence-corrected chi connectivity index (χ4v) is 4.50. The van der Waals surface area contributed by atoms with Gasteiger partial charge in [0.15, 0.2) is 6.61 Å². The molecule has 0 bridgehead atoms. The summed E-state index contributed by atoms with van der Waals surface area (Å²) in [5, 5.41) is 0.765. The predicted molar refractivity (Wildman–Crippen MR) is 131 cm³/mol. The first-order chi connectivity index (χ1) is 17.5. The zero-order chi connectivity index (χ0) is 25.1. The number of amides is 1. The largest absolute Gasteiger partial charge is 0.484 e. The molecule has 3 aromatic carbocycles. The molecule has 1 amide bonds. The number of hydrogen-bond donors (Lipinski definition) is 0. The molecule has 2 heterocycles. The summed E-state index contributed by atoms with van der Waals surface area (Å²) in [4.78, 5) is 28.2. The number of rotatable bonds is 6. The molecular formula is C28H24F2N2O4. The molecule has 0 saturated carbocycles. The summed E-state index contributed by atoms with van der Waals surface area (Å²) in [6, 6.07) is 20.5. The lowest BCUT2D eigenvalue weighted by molar-refractivity contribution is -0.135. The Balaban J connectivity index is 1.23. The van der Waals surface area contributed by atoms with Gasteiger partial charge in [-0.05, 0) is 53.6 Å². The quantitative estimate of drug-likeness (QED) is 0.376. The first-order valence-electron chi connectivity index (χ1n) is 11.7. The molecule has 1 aliphatic rings. The Hall–Kier alpha value is -4.04. The Bertz CT molecular complexity index is 1370. The average molecular weight is 491 g/mol. The van der Waals surface area contributed by atoms with Gasteiger partial charge in [0, 0.05) is 43.7 Å². The molecular weight excluding hydrogens is 466 g/mol. The van der Waals surface area contributed by atoms with E-state index in [1.165, 1.54) is 30.3 Å². The maximum absolute atomic E-state index is 13.5. The number of ether oxygens (including phenoxy) is 1. The van der Waals surface area contributed by atoms with Gasteiger partial charge in [-0.25, -0.2) is 13.6 Å². The summed E-state index contributed by atoms with van der Waals surface area (Å²) >= 11 is 0. The third-order valence-corrected chi connectivity index (χ3v) is 6.36. The smallest absolute Gasteiger partial charge is 0.336 e. The van der Waals surface area contributed by atoms with E-state index in [9.17, 15) is 18.4 Å². The Labute approximate surface area is 206 Å². The number of hydrogen-bond acceptors (Lipinski definition) is 5. The molecule has 4 aromatic rings. The fraction of sp³-hybridized carbons (Fsp3) is 0.214. The van der Waals surface area contributed by atoms with Crippen molar-refractivity contribution in [3.05, 3.63) is 112 Å². The highest BCUT2D eigenvalue weighted by atomic mass is 19.1.